The maximum atomic E-state index is 12.3. The monoisotopic (exact) mass is 317 g/mol. The number of carbonyl (C=O) groups excluding carboxylic acids is 2. The summed E-state index contributed by atoms with van der Waals surface area (Å²) in [6, 6.07) is 7.47. The van der Waals surface area contributed by atoms with E-state index in [2.05, 4.69) is 19.2 Å². The molecule has 1 aliphatic rings. The molecule has 5 heteroatoms. The minimum absolute atomic E-state index is 0.00407. The summed E-state index contributed by atoms with van der Waals surface area (Å²) in [7, 11) is 0. The average molecular weight is 317 g/mol. The zero-order valence-corrected chi connectivity index (χ0v) is 14.0. The predicted molar refractivity (Wildman–Crippen MR) is 90.9 cm³/mol. The van der Waals surface area contributed by atoms with Crippen molar-refractivity contribution >= 4 is 11.8 Å². The quantitative estimate of drug-likeness (QED) is 0.806. The number of rotatable bonds is 7. The van der Waals surface area contributed by atoms with Crippen molar-refractivity contribution in [2.75, 3.05) is 13.1 Å². The van der Waals surface area contributed by atoms with Gasteiger partial charge >= 0.3 is 0 Å². The van der Waals surface area contributed by atoms with Crippen LogP contribution < -0.4 is 11.1 Å². The van der Waals surface area contributed by atoms with Gasteiger partial charge in [-0.2, -0.15) is 0 Å². The van der Waals surface area contributed by atoms with Gasteiger partial charge in [-0.3, -0.25) is 9.59 Å². The first-order valence-electron chi connectivity index (χ1n) is 8.37. The lowest BCUT2D eigenvalue weighted by atomic mass is 10.0. The minimum atomic E-state index is -0.0927. The van der Waals surface area contributed by atoms with E-state index in [0.29, 0.717) is 31.0 Å². The van der Waals surface area contributed by atoms with Crippen molar-refractivity contribution in [3.63, 3.8) is 0 Å². The van der Waals surface area contributed by atoms with Crippen LogP contribution in [0, 0.1) is 5.92 Å². The summed E-state index contributed by atoms with van der Waals surface area (Å²) in [4.78, 5) is 25.8. The average Bonchev–Trinajstić information content (AvgIpc) is 2.92. The summed E-state index contributed by atoms with van der Waals surface area (Å²) in [6.07, 6.45) is 2.46. The number of likely N-dealkylation sites (tertiary alicyclic amines) is 1. The number of carbonyl (C=O) groups is 2. The molecule has 2 rings (SSSR count). The number of benzene rings is 1. The van der Waals surface area contributed by atoms with Crippen LogP contribution in [0.1, 0.15) is 49.0 Å². The van der Waals surface area contributed by atoms with Crippen LogP contribution in [0.3, 0.4) is 0 Å². The summed E-state index contributed by atoms with van der Waals surface area (Å²) in [5.41, 5.74) is 7.40. The first kappa shape index (κ1) is 17.5. The second-order valence-electron chi connectivity index (χ2n) is 6.65. The number of nitrogens with zero attached hydrogens (tertiary/aromatic N) is 1. The number of hydrogen-bond donors (Lipinski definition) is 2. The van der Waals surface area contributed by atoms with Gasteiger partial charge in [-0.25, -0.2) is 0 Å². The molecule has 0 aliphatic carbocycles. The van der Waals surface area contributed by atoms with Crippen molar-refractivity contribution in [3.05, 3.63) is 35.4 Å². The predicted octanol–water partition coefficient (Wildman–Crippen LogP) is 1.91. The van der Waals surface area contributed by atoms with Gasteiger partial charge in [0.15, 0.2) is 0 Å². The highest BCUT2D eigenvalue weighted by molar-refractivity contribution is 5.94. The summed E-state index contributed by atoms with van der Waals surface area (Å²) < 4.78 is 0. The van der Waals surface area contributed by atoms with Crippen LogP contribution in [0.15, 0.2) is 24.3 Å². The van der Waals surface area contributed by atoms with E-state index in [1.807, 2.05) is 29.2 Å². The van der Waals surface area contributed by atoms with Gasteiger partial charge in [0.2, 0.25) is 5.91 Å². The van der Waals surface area contributed by atoms with Gasteiger partial charge in [-0.05, 0) is 36.5 Å². The Balaban J connectivity index is 1.92. The van der Waals surface area contributed by atoms with Crippen molar-refractivity contribution in [1.82, 2.24) is 10.2 Å². The van der Waals surface area contributed by atoms with E-state index < -0.39 is 0 Å². The van der Waals surface area contributed by atoms with Crippen molar-refractivity contribution < 1.29 is 9.59 Å². The Labute approximate surface area is 138 Å². The number of amides is 2. The molecule has 1 aliphatic heterocycles. The van der Waals surface area contributed by atoms with Crippen LogP contribution in [0.4, 0.5) is 0 Å². The molecule has 0 spiro atoms. The Bertz CT molecular complexity index is 540. The maximum Gasteiger partial charge on any atom is 0.251 e. The van der Waals surface area contributed by atoms with Gasteiger partial charge in [-0.15, -0.1) is 0 Å². The molecule has 126 valence electrons. The van der Waals surface area contributed by atoms with Gasteiger partial charge in [-0.1, -0.05) is 26.0 Å². The Morgan fingerprint density at radius 1 is 1.30 bits per heavy atom. The van der Waals surface area contributed by atoms with E-state index in [0.717, 1.165) is 24.9 Å². The van der Waals surface area contributed by atoms with Gasteiger partial charge in [0.05, 0.1) is 0 Å². The lowest BCUT2D eigenvalue weighted by Gasteiger charge is -2.19. The normalized spacial score (nSPS) is 16.0. The summed E-state index contributed by atoms with van der Waals surface area (Å²) in [5.74, 6) is 0.611. The second kappa shape index (κ2) is 8.11. The summed E-state index contributed by atoms with van der Waals surface area (Å²) in [5, 5.41) is 2.99. The van der Waals surface area contributed by atoms with E-state index in [-0.39, 0.29) is 17.9 Å². The zero-order chi connectivity index (χ0) is 16.8. The molecule has 1 atom stereocenters. The Morgan fingerprint density at radius 2 is 2.00 bits per heavy atom. The molecule has 1 unspecified atom stereocenters. The van der Waals surface area contributed by atoms with Crippen molar-refractivity contribution in [2.45, 2.75) is 45.7 Å². The van der Waals surface area contributed by atoms with Crippen LogP contribution in [-0.4, -0.2) is 35.8 Å². The SMILES string of the molecule is CC(C)CC(CN)NC(=O)c1ccc(CN2CCCC2=O)cc1. The van der Waals surface area contributed by atoms with Crippen LogP contribution in [0.2, 0.25) is 0 Å². The van der Waals surface area contributed by atoms with Crippen LogP contribution in [0.5, 0.6) is 0 Å². The molecule has 23 heavy (non-hydrogen) atoms. The molecule has 3 N–H and O–H groups in total. The molecule has 0 bridgehead atoms. The highest BCUT2D eigenvalue weighted by atomic mass is 16.2. The lowest BCUT2D eigenvalue weighted by molar-refractivity contribution is -0.128. The van der Waals surface area contributed by atoms with E-state index in [1.54, 1.807) is 0 Å². The van der Waals surface area contributed by atoms with Crippen molar-refractivity contribution in [1.29, 1.82) is 0 Å². The first-order chi connectivity index (χ1) is 11.0. The lowest BCUT2D eigenvalue weighted by Crippen LogP contribution is -2.41. The number of nitrogens with one attached hydrogen (secondary N) is 1. The van der Waals surface area contributed by atoms with E-state index in [9.17, 15) is 9.59 Å². The minimum Gasteiger partial charge on any atom is -0.348 e. The third-order valence-corrected chi connectivity index (χ3v) is 4.14. The Hall–Kier alpha value is -1.88. The summed E-state index contributed by atoms with van der Waals surface area (Å²) >= 11 is 0. The molecule has 0 radical (unpaired) electrons. The molecule has 1 saturated heterocycles. The molecule has 5 nitrogen and oxygen atoms in total. The molecule has 1 heterocycles. The largest absolute Gasteiger partial charge is 0.348 e. The van der Waals surface area contributed by atoms with E-state index >= 15 is 0 Å². The molecule has 0 aromatic heterocycles. The fourth-order valence-corrected chi connectivity index (χ4v) is 2.90. The molecule has 1 aromatic carbocycles. The maximum absolute atomic E-state index is 12.3. The first-order valence-corrected chi connectivity index (χ1v) is 8.37. The molecule has 1 fully saturated rings. The van der Waals surface area contributed by atoms with E-state index in [1.165, 1.54) is 0 Å². The Kier molecular flexibility index (Phi) is 6.16. The zero-order valence-electron chi connectivity index (χ0n) is 14.0. The fourth-order valence-electron chi connectivity index (χ4n) is 2.90. The standard InChI is InChI=1S/C18H27N3O2/c1-13(2)10-16(11-19)20-18(23)15-7-5-14(6-8-15)12-21-9-3-4-17(21)22/h5-8,13,16H,3-4,9-12,19H2,1-2H3,(H,20,23). The topological polar surface area (TPSA) is 75.4 Å². The molecular weight excluding hydrogens is 290 g/mol. The van der Waals surface area contributed by atoms with Crippen molar-refractivity contribution in [2.24, 2.45) is 11.7 Å². The van der Waals surface area contributed by atoms with Crippen LogP contribution in [-0.2, 0) is 11.3 Å². The second-order valence-corrected chi connectivity index (χ2v) is 6.65. The third kappa shape index (κ3) is 5.06. The Morgan fingerprint density at radius 3 is 2.52 bits per heavy atom. The van der Waals surface area contributed by atoms with Crippen LogP contribution in [0.25, 0.3) is 0 Å². The molecule has 0 saturated carbocycles. The molecule has 1 aromatic rings. The van der Waals surface area contributed by atoms with Gasteiger partial charge in [0.1, 0.15) is 0 Å². The fraction of sp³-hybridized carbons (Fsp3) is 0.556. The summed E-state index contributed by atoms with van der Waals surface area (Å²) in [6.45, 7) is 6.12. The smallest absolute Gasteiger partial charge is 0.251 e. The van der Waals surface area contributed by atoms with Gasteiger partial charge in [0.25, 0.3) is 5.91 Å². The van der Waals surface area contributed by atoms with Gasteiger partial charge in [0, 0.05) is 37.7 Å². The van der Waals surface area contributed by atoms with E-state index in [4.69, 9.17) is 5.73 Å². The number of nitrogens with two attached hydrogens (primary N) is 1. The molecule has 2 amide bonds. The highest BCUT2D eigenvalue weighted by Gasteiger charge is 2.20. The number of hydrogen-bond acceptors (Lipinski definition) is 3. The highest BCUT2D eigenvalue weighted by Crippen LogP contribution is 2.15. The van der Waals surface area contributed by atoms with Crippen molar-refractivity contribution in [3.8, 4) is 0 Å². The molecular formula is C18H27N3O2. The third-order valence-electron chi connectivity index (χ3n) is 4.14. The van der Waals surface area contributed by atoms with Gasteiger partial charge < -0.3 is 16.0 Å². The van der Waals surface area contributed by atoms with Crippen LogP contribution >= 0.6 is 0 Å².